The molecule has 0 spiro atoms. The second kappa shape index (κ2) is 6.48. The minimum absolute atomic E-state index is 0.00985. The van der Waals surface area contributed by atoms with Crippen LogP contribution in [-0.4, -0.2) is 25.2 Å². The van der Waals surface area contributed by atoms with Crippen LogP contribution in [-0.2, 0) is 20.0 Å². The van der Waals surface area contributed by atoms with Crippen LogP contribution in [0, 0.1) is 0 Å². The van der Waals surface area contributed by atoms with Crippen molar-refractivity contribution in [2.24, 2.45) is 12.8 Å². The molecule has 0 saturated heterocycles. The van der Waals surface area contributed by atoms with E-state index in [2.05, 4.69) is 4.98 Å². The van der Waals surface area contributed by atoms with E-state index in [-0.39, 0.29) is 17.3 Å². The van der Waals surface area contributed by atoms with Crippen LogP contribution in [0.3, 0.4) is 0 Å². The van der Waals surface area contributed by atoms with Gasteiger partial charge in [0.15, 0.2) is 11.2 Å². The third kappa shape index (κ3) is 2.49. The molecule has 22 heavy (non-hydrogen) atoms. The summed E-state index contributed by atoms with van der Waals surface area (Å²) in [7, 11) is 1.52. The Kier molecular flexibility index (Phi) is 4.85. The highest BCUT2D eigenvalue weighted by Gasteiger charge is 2.21. The quantitative estimate of drug-likeness (QED) is 0.854. The van der Waals surface area contributed by atoms with E-state index in [4.69, 9.17) is 5.73 Å². The molecule has 0 amide bonds. The molecular weight excluding hydrogens is 282 g/mol. The molecule has 122 valence electrons. The van der Waals surface area contributed by atoms with Crippen LogP contribution in [0.5, 0.6) is 0 Å². The molecule has 2 aromatic rings. The maximum Gasteiger partial charge on any atom is 0.332 e. The Morgan fingerprint density at radius 2 is 1.95 bits per heavy atom. The molecule has 0 fully saturated rings. The van der Waals surface area contributed by atoms with Crippen molar-refractivity contribution < 1.29 is 0 Å². The van der Waals surface area contributed by atoms with Gasteiger partial charge in [-0.3, -0.25) is 13.9 Å². The highest BCUT2D eigenvalue weighted by atomic mass is 16.2. The summed E-state index contributed by atoms with van der Waals surface area (Å²) in [6.45, 7) is 7.18. The predicted molar refractivity (Wildman–Crippen MR) is 87.3 cm³/mol. The molecule has 0 saturated carbocycles. The summed E-state index contributed by atoms with van der Waals surface area (Å²) >= 11 is 0. The minimum Gasteiger partial charge on any atom is -0.330 e. The van der Waals surface area contributed by atoms with Crippen molar-refractivity contribution >= 4 is 11.2 Å². The number of aryl methyl sites for hydroxylation is 2. The van der Waals surface area contributed by atoms with Crippen LogP contribution in [0.15, 0.2) is 9.59 Å². The summed E-state index contributed by atoms with van der Waals surface area (Å²) in [5.74, 6) is 0.822. The van der Waals surface area contributed by atoms with Crippen molar-refractivity contribution in [3.8, 4) is 0 Å². The summed E-state index contributed by atoms with van der Waals surface area (Å²) in [6, 6.07) is -0.00985. The average molecular weight is 307 g/mol. The lowest BCUT2D eigenvalue weighted by molar-refractivity contribution is 0.499. The molecule has 2 heterocycles. The van der Waals surface area contributed by atoms with E-state index in [1.54, 1.807) is 4.57 Å². The zero-order valence-corrected chi connectivity index (χ0v) is 13.8. The molecule has 7 nitrogen and oxygen atoms in total. The topological polar surface area (TPSA) is 87.8 Å². The normalized spacial score (nSPS) is 13.0. The maximum absolute atomic E-state index is 12.5. The number of rotatable bonds is 6. The van der Waals surface area contributed by atoms with E-state index in [0.717, 1.165) is 18.7 Å². The van der Waals surface area contributed by atoms with Gasteiger partial charge in [0.05, 0.1) is 0 Å². The summed E-state index contributed by atoms with van der Waals surface area (Å²) in [5.41, 5.74) is 6.00. The van der Waals surface area contributed by atoms with Crippen molar-refractivity contribution in [2.75, 3.05) is 6.54 Å². The van der Waals surface area contributed by atoms with Crippen LogP contribution in [0.1, 0.15) is 45.5 Å². The molecular formula is C15H25N5O2. The molecule has 1 atom stereocenters. The van der Waals surface area contributed by atoms with Gasteiger partial charge in [-0.25, -0.2) is 9.78 Å². The Morgan fingerprint density at radius 3 is 2.50 bits per heavy atom. The van der Waals surface area contributed by atoms with Crippen molar-refractivity contribution in [2.45, 2.75) is 52.6 Å². The molecule has 0 aromatic carbocycles. The Bertz CT molecular complexity index is 784. The summed E-state index contributed by atoms with van der Waals surface area (Å²) in [4.78, 5) is 29.6. The van der Waals surface area contributed by atoms with Crippen LogP contribution in [0.25, 0.3) is 11.2 Å². The molecule has 2 rings (SSSR count). The first kappa shape index (κ1) is 16.5. The molecule has 0 aliphatic heterocycles. The SMILES string of the molecule is CCC(C)n1c(=O)n(C)c(=O)c2c1nc(CCCN)n2CC. The van der Waals surface area contributed by atoms with Crippen LogP contribution >= 0.6 is 0 Å². The molecule has 1 unspecified atom stereocenters. The number of fused-ring (bicyclic) bond motifs is 1. The Labute approximate surface area is 129 Å². The van der Waals surface area contributed by atoms with Gasteiger partial charge in [0.2, 0.25) is 0 Å². The van der Waals surface area contributed by atoms with E-state index in [9.17, 15) is 9.59 Å². The fourth-order valence-corrected chi connectivity index (χ4v) is 2.73. The molecule has 0 aliphatic rings. The van der Waals surface area contributed by atoms with Gasteiger partial charge in [-0.15, -0.1) is 0 Å². The lowest BCUT2D eigenvalue weighted by Crippen LogP contribution is -2.39. The van der Waals surface area contributed by atoms with Crippen molar-refractivity contribution in [1.82, 2.24) is 18.7 Å². The molecule has 2 N–H and O–H groups in total. The molecule has 2 aromatic heterocycles. The highest BCUT2D eigenvalue weighted by Crippen LogP contribution is 2.17. The second-order valence-corrected chi connectivity index (χ2v) is 5.61. The predicted octanol–water partition coefficient (Wildman–Crippen LogP) is 0.779. The number of aromatic nitrogens is 4. The Hall–Kier alpha value is -1.89. The lowest BCUT2D eigenvalue weighted by Gasteiger charge is -2.14. The zero-order valence-electron chi connectivity index (χ0n) is 13.8. The Morgan fingerprint density at radius 1 is 1.27 bits per heavy atom. The van der Waals surface area contributed by atoms with E-state index < -0.39 is 0 Å². The fourth-order valence-electron chi connectivity index (χ4n) is 2.73. The van der Waals surface area contributed by atoms with Gasteiger partial charge in [-0.2, -0.15) is 0 Å². The first-order valence-electron chi connectivity index (χ1n) is 7.88. The van der Waals surface area contributed by atoms with Crippen molar-refractivity contribution in [3.05, 3.63) is 26.7 Å². The second-order valence-electron chi connectivity index (χ2n) is 5.61. The first-order valence-corrected chi connectivity index (χ1v) is 7.88. The average Bonchev–Trinajstić information content (AvgIpc) is 2.88. The number of imidazole rings is 1. The molecule has 7 heteroatoms. The van der Waals surface area contributed by atoms with Gasteiger partial charge in [0.25, 0.3) is 5.56 Å². The van der Waals surface area contributed by atoms with Gasteiger partial charge < -0.3 is 10.3 Å². The molecule has 0 radical (unpaired) electrons. The van der Waals surface area contributed by atoms with Crippen LogP contribution < -0.4 is 17.0 Å². The smallest absolute Gasteiger partial charge is 0.330 e. The first-order chi connectivity index (χ1) is 10.5. The molecule has 0 bridgehead atoms. The highest BCUT2D eigenvalue weighted by molar-refractivity contribution is 5.71. The number of nitrogens with zero attached hydrogens (tertiary/aromatic N) is 4. The summed E-state index contributed by atoms with van der Waals surface area (Å²) in [6.07, 6.45) is 2.30. The summed E-state index contributed by atoms with van der Waals surface area (Å²) in [5, 5.41) is 0. The zero-order chi connectivity index (χ0) is 16.4. The summed E-state index contributed by atoms with van der Waals surface area (Å²) < 4.78 is 4.72. The third-order valence-electron chi connectivity index (χ3n) is 4.21. The monoisotopic (exact) mass is 307 g/mol. The number of hydrogen-bond acceptors (Lipinski definition) is 4. The van der Waals surface area contributed by atoms with Crippen molar-refractivity contribution in [3.63, 3.8) is 0 Å². The largest absolute Gasteiger partial charge is 0.332 e. The van der Waals surface area contributed by atoms with E-state index >= 15 is 0 Å². The third-order valence-corrected chi connectivity index (χ3v) is 4.21. The number of hydrogen-bond donors (Lipinski definition) is 1. The van der Waals surface area contributed by atoms with Gasteiger partial charge in [-0.05, 0) is 33.2 Å². The lowest BCUT2D eigenvalue weighted by atomic mass is 10.2. The maximum atomic E-state index is 12.5. The Balaban J connectivity index is 2.88. The van der Waals surface area contributed by atoms with E-state index in [1.807, 2.05) is 25.3 Å². The fraction of sp³-hybridized carbons (Fsp3) is 0.667. The van der Waals surface area contributed by atoms with Crippen molar-refractivity contribution in [1.29, 1.82) is 0 Å². The van der Waals surface area contributed by atoms with E-state index in [1.165, 1.54) is 11.6 Å². The number of nitrogens with two attached hydrogens (primary N) is 1. The molecule has 0 aliphatic carbocycles. The van der Waals surface area contributed by atoms with Gasteiger partial charge in [0.1, 0.15) is 5.82 Å². The van der Waals surface area contributed by atoms with Crippen LogP contribution in [0.4, 0.5) is 0 Å². The minimum atomic E-state index is -0.307. The van der Waals surface area contributed by atoms with Crippen LogP contribution in [0.2, 0.25) is 0 Å². The van der Waals surface area contributed by atoms with Gasteiger partial charge in [0, 0.05) is 26.1 Å². The van der Waals surface area contributed by atoms with E-state index in [0.29, 0.717) is 30.7 Å². The standard InChI is InChI=1S/C15H25N5O2/c1-5-10(3)20-13-12(14(21)18(4)15(20)22)19(6-2)11(17-13)8-7-9-16/h10H,5-9,16H2,1-4H3. The van der Waals surface area contributed by atoms with Gasteiger partial charge in [-0.1, -0.05) is 6.92 Å². The van der Waals surface area contributed by atoms with Gasteiger partial charge >= 0.3 is 5.69 Å².